The van der Waals surface area contributed by atoms with Gasteiger partial charge in [0.1, 0.15) is 11.8 Å². The lowest BCUT2D eigenvalue weighted by atomic mass is 10.2. The number of hydrogen-bond donors (Lipinski definition) is 0. The van der Waals surface area contributed by atoms with Crippen molar-refractivity contribution in [1.29, 1.82) is 5.26 Å². The van der Waals surface area contributed by atoms with Crippen LogP contribution in [0.4, 0.5) is 8.78 Å². The second kappa shape index (κ2) is 4.62. The van der Waals surface area contributed by atoms with Crippen molar-refractivity contribution >= 4 is 0 Å². The van der Waals surface area contributed by atoms with E-state index in [0.717, 1.165) is 12.1 Å². The van der Waals surface area contributed by atoms with Gasteiger partial charge in [-0.2, -0.15) is 5.26 Å². The van der Waals surface area contributed by atoms with E-state index >= 15 is 0 Å². The molecule has 0 spiro atoms. The van der Waals surface area contributed by atoms with Crippen LogP contribution in [0.5, 0.6) is 11.5 Å². The molecule has 0 unspecified atom stereocenters. The molecule has 0 bridgehead atoms. The standard InChI is InChI=1S/C13H7F2NO/c14-11-7-6-9(8-16)12(15)13(11)17-10-4-2-1-3-5-10/h1-7H. The van der Waals surface area contributed by atoms with E-state index in [1.165, 1.54) is 0 Å². The van der Waals surface area contributed by atoms with E-state index in [-0.39, 0.29) is 5.56 Å². The quantitative estimate of drug-likeness (QED) is 0.790. The molecule has 2 aromatic rings. The van der Waals surface area contributed by atoms with Crippen LogP contribution in [0.25, 0.3) is 0 Å². The molecule has 0 aliphatic rings. The van der Waals surface area contributed by atoms with Crippen molar-refractivity contribution < 1.29 is 13.5 Å². The van der Waals surface area contributed by atoms with Crippen molar-refractivity contribution in [3.63, 3.8) is 0 Å². The first kappa shape index (κ1) is 11.1. The fourth-order valence-electron chi connectivity index (χ4n) is 1.32. The maximum Gasteiger partial charge on any atom is 0.200 e. The second-order valence-corrected chi connectivity index (χ2v) is 3.26. The van der Waals surface area contributed by atoms with Crippen LogP contribution in [-0.4, -0.2) is 0 Å². The summed E-state index contributed by atoms with van der Waals surface area (Å²) in [5, 5.41) is 8.63. The molecule has 0 aliphatic heterocycles. The molecule has 0 N–H and O–H groups in total. The third-order valence-electron chi connectivity index (χ3n) is 2.13. The summed E-state index contributed by atoms with van der Waals surface area (Å²) in [4.78, 5) is 0. The number of ether oxygens (including phenoxy) is 1. The molecule has 2 nitrogen and oxygen atoms in total. The van der Waals surface area contributed by atoms with E-state index < -0.39 is 17.4 Å². The lowest BCUT2D eigenvalue weighted by Crippen LogP contribution is -1.95. The topological polar surface area (TPSA) is 33.0 Å². The molecule has 4 heteroatoms. The Bertz CT molecular complexity index is 576. The minimum absolute atomic E-state index is 0.252. The van der Waals surface area contributed by atoms with Gasteiger partial charge in [0.15, 0.2) is 17.4 Å². The minimum Gasteiger partial charge on any atom is -0.451 e. The highest BCUT2D eigenvalue weighted by Gasteiger charge is 2.15. The van der Waals surface area contributed by atoms with Crippen molar-refractivity contribution in [2.24, 2.45) is 0 Å². The van der Waals surface area contributed by atoms with E-state index in [2.05, 4.69) is 0 Å². The smallest absolute Gasteiger partial charge is 0.200 e. The molecule has 0 amide bonds. The van der Waals surface area contributed by atoms with E-state index in [0.29, 0.717) is 5.75 Å². The summed E-state index contributed by atoms with van der Waals surface area (Å²) in [6.45, 7) is 0. The second-order valence-electron chi connectivity index (χ2n) is 3.26. The van der Waals surface area contributed by atoms with Gasteiger partial charge in [0.25, 0.3) is 0 Å². The minimum atomic E-state index is -0.989. The molecule has 17 heavy (non-hydrogen) atoms. The molecule has 0 aromatic heterocycles. The van der Waals surface area contributed by atoms with E-state index in [1.807, 2.05) is 0 Å². The Morgan fingerprint density at radius 1 is 1.00 bits per heavy atom. The Morgan fingerprint density at radius 2 is 1.71 bits per heavy atom. The lowest BCUT2D eigenvalue weighted by molar-refractivity contribution is 0.406. The van der Waals surface area contributed by atoms with Gasteiger partial charge in [0.2, 0.25) is 0 Å². The van der Waals surface area contributed by atoms with Gasteiger partial charge in [-0.05, 0) is 24.3 Å². The molecule has 2 aromatic carbocycles. The number of nitriles is 1. The van der Waals surface area contributed by atoms with Crippen molar-refractivity contribution in [3.05, 3.63) is 59.7 Å². The summed E-state index contributed by atoms with van der Waals surface area (Å²) in [5.41, 5.74) is -0.252. The SMILES string of the molecule is N#Cc1ccc(F)c(Oc2ccccc2)c1F. The summed E-state index contributed by atoms with van der Waals surface area (Å²) in [7, 11) is 0. The van der Waals surface area contributed by atoms with Crippen LogP contribution in [0.2, 0.25) is 0 Å². The molecule has 0 heterocycles. The predicted octanol–water partition coefficient (Wildman–Crippen LogP) is 3.63. The lowest BCUT2D eigenvalue weighted by Gasteiger charge is -2.08. The molecular weight excluding hydrogens is 224 g/mol. The first-order valence-corrected chi connectivity index (χ1v) is 4.83. The van der Waals surface area contributed by atoms with Crippen LogP contribution in [-0.2, 0) is 0 Å². The van der Waals surface area contributed by atoms with Gasteiger partial charge >= 0.3 is 0 Å². The Hall–Kier alpha value is -2.41. The fourth-order valence-corrected chi connectivity index (χ4v) is 1.32. The van der Waals surface area contributed by atoms with Crippen LogP contribution in [0.15, 0.2) is 42.5 Å². The first-order valence-electron chi connectivity index (χ1n) is 4.83. The first-order chi connectivity index (χ1) is 8.22. The summed E-state index contributed by atoms with van der Waals surface area (Å²) in [6.07, 6.45) is 0. The average molecular weight is 231 g/mol. The number of rotatable bonds is 2. The molecular formula is C13H7F2NO. The maximum absolute atomic E-state index is 13.6. The number of para-hydroxylation sites is 1. The molecule has 0 atom stereocenters. The number of nitrogens with zero attached hydrogens (tertiary/aromatic N) is 1. The van der Waals surface area contributed by atoms with Crippen molar-refractivity contribution in [2.75, 3.05) is 0 Å². The Kier molecular flexibility index (Phi) is 3.01. The van der Waals surface area contributed by atoms with Crippen LogP contribution in [0.3, 0.4) is 0 Å². The van der Waals surface area contributed by atoms with Gasteiger partial charge in [-0.15, -0.1) is 0 Å². The van der Waals surface area contributed by atoms with Crippen LogP contribution >= 0.6 is 0 Å². The number of halogens is 2. The third kappa shape index (κ3) is 2.23. The summed E-state index contributed by atoms with van der Waals surface area (Å²) >= 11 is 0. The highest BCUT2D eigenvalue weighted by Crippen LogP contribution is 2.29. The molecule has 0 fully saturated rings. The van der Waals surface area contributed by atoms with Gasteiger partial charge in [-0.3, -0.25) is 0 Å². The maximum atomic E-state index is 13.6. The van der Waals surface area contributed by atoms with Crippen molar-refractivity contribution in [3.8, 4) is 17.6 Å². The van der Waals surface area contributed by atoms with Gasteiger partial charge in [0, 0.05) is 0 Å². The highest BCUT2D eigenvalue weighted by molar-refractivity contribution is 5.41. The monoisotopic (exact) mass is 231 g/mol. The fraction of sp³-hybridized carbons (Fsp3) is 0. The number of hydrogen-bond acceptors (Lipinski definition) is 2. The van der Waals surface area contributed by atoms with Gasteiger partial charge in [-0.25, -0.2) is 8.78 Å². The molecule has 0 radical (unpaired) electrons. The Balaban J connectivity index is 2.43. The predicted molar refractivity (Wildman–Crippen MR) is 57.6 cm³/mol. The van der Waals surface area contributed by atoms with E-state index in [1.54, 1.807) is 36.4 Å². The summed E-state index contributed by atoms with van der Waals surface area (Å²) in [6, 6.07) is 11.9. The van der Waals surface area contributed by atoms with E-state index in [4.69, 9.17) is 10.00 Å². The van der Waals surface area contributed by atoms with Crippen LogP contribution in [0.1, 0.15) is 5.56 Å². The molecule has 0 saturated heterocycles. The zero-order valence-corrected chi connectivity index (χ0v) is 8.65. The molecule has 84 valence electrons. The van der Waals surface area contributed by atoms with Crippen molar-refractivity contribution in [1.82, 2.24) is 0 Å². The van der Waals surface area contributed by atoms with Crippen LogP contribution < -0.4 is 4.74 Å². The molecule has 2 rings (SSSR count). The zero-order chi connectivity index (χ0) is 12.3. The Labute approximate surface area is 96.7 Å². The van der Waals surface area contributed by atoms with Gasteiger partial charge in [0.05, 0.1) is 5.56 Å². The van der Waals surface area contributed by atoms with Gasteiger partial charge in [-0.1, -0.05) is 18.2 Å². The molecule has 0 saturated carbocycles. The average Bonchev–Trinajstić information content (AvgIpc) is 2.36. The Morgan fingerprint density at radius 3 is 2.35 bits per heavy atom. The highest BCUT2D eigenvalue weighted by atomic mass is 19.1. The third-order valence-corrected chi connectivity index (χ3v) is 2.13. The normalized spacial score (nSPS) is 9.71. The molecule has 0 aliphatic carbocycles. The van der Waals surface area contributed by atoms with Crippen LogP contribution in [0, 0.1) is 23.0 Å². The number of benzene rings is 2. The van der Waals surface area contributed by atoms with Gasteiger partial charge < -0.3 is 4.74 Å². The van der Waals surface area contributed by atoms with E-state index in [9.17, 15) is 8.78 Å². The largest absolute Gasteiger partial charge is 0.451 e. The van der Waals surface area contributed by atoms with Crippen molar-refractivity contribution in [2.45, 2.75) is 0 Å². The summed E-state index contributed by atoms with van der Waals surface area (Å²) < 4.78 is 32.1. The summed E-state index contributed by atoms with van der Waals surface area (Å²) in [5.74, 6) is -2.09. The zero-order valence-electron chi connectivity index (χ0n) is 8.65.